The Morgan fingerprint density at radius 3 is 2.78 bits per heavy atom. The Hall–Kier alpha value is -1.81. The van der Waals surface area contributed by atoms with Gasteiger partial charge >= 0.3 is 0 Å². The number of nitrogens with zero attached hydrogens (tertiary/aromatic N) is 2. The van der Waals surface area contributed by atoms with Gasteiger partial charge in [0, 0.05) is 30.4 Å². The summed E-state index contributed by atoms with van der Waals surface area (Å²) in [5.41, 5.74) is 0.955. The number of amides is 1. The van der Waals surface area contributed by atoms with Crippen LogP contribution in [0.15, 0.2) is 36.7 Å². The van der Waals surface area contributed by atoms with E-state index in [0.717, 1.165) is 37.1 Å². The summed E-state index contributed by atoms with van der Waals surface area (Å²) in [4.78, 5) is 17.1. The summed E-state index contributed by atoms with van der Waals surface area (Å²) < 4.78 is 1.94. The highest BCUT2D eigenvalue weighted by Gasteiger charge is 2.26. The zero-order valence-electron chi connectivity index (χ0n) is 13.3. The van der Waals surface area contributed by atoms with Gasteiger partial charge in [-0.1, -0.05) is 43.0 Å². The fourth-order valence-corrected chi connectivity index (χ4v) is 3.46. The molecule has 1 aliphatic rings. The molecule has 0 bridgehead atoms. The zero-order valence-corrected chi connectivity index (χ0v) is 14.1. The van der Waals surface area contributed by atoms with Crippen LogP contribution in [0.1, 0.15) is 49.5 Å². The van der Waals surface area contributed by atoms with Gasteiger partial charge in [0.15, 0.2) is 0 Å². The van der Waals surface area contributed by atoms with Gasteiger partial charge in [-0.05, 0) is 30.5 Å². The number of imidazole rings is 1. The molecule has 0 aliphatic heterocycles. The monoisotopic (exact) mass is 331 g/mol. The van der Waals surface area contributed by atoms with Crippen LogP contribution < -0.4 is 5.32 Å². The molecule has 1 amide bonds. The highest BCUT2D eigenvalue weighted by Crippen LogP contribution is 2.27. The van der Waals surface area contributed by atoms with Gasteiger partial charge in [-0.15, -0.1) is 0 Å². The normalized spacial score (nSPS) is 17.0. The van der Waals surface area contributed by atoms with Crippen molar-refractivity contribution in [2.24, 2.45) is 13.0 Å². The van der Waals surface area contributed by atoms with Gasteiger partial charge < -0.3 is 9.88 Å². The number of hydrogen-bond acceptors (Lipinski definition) is 2. The molecule has 3 rings (SSSR count). The number of benzene rings is 1. The average Bonchev–Trinajstić information content (AvgIpc) is 2.99. The number of aryl methyl sites for hydroxylation is 1. The lowest BCUT2D eigenvalue weighted by molar-refractivity contribution is -0.126. The summed E-state index contributed by atoms with van der Waals surface area (Å²) in [6, 6.07) is 7.33. The van der Waals surface area contributed by atoms with Gasteiger partial charge in [0.1, 0.15) is 11.9 Å². The van der Waals surface area contributed by atoms with Crippen LogP contribution in [0.25, 0.3) is 0 Å². The minimum atomic E-state index is -0.275. The van der Waals surface area contributed by atoms with E-state index in [1.54, 1.807) is 6.20 Å². The molecule has 0 spiro atoms. The Morgan fingerprint density at radius 2 is 2.13 bits per heavy atom. The molecule has 1 aromatic heterocycles. The summed E-state index contributed by atoms with van der Waals surface area (Å²) in [7, 11) is 1.94. The highest BCUT2D eigenvalue weighted by atomic mass is 35.5. The largest absolute Gasteiger partial charge is 0.342 e. The molecule has 1 saturated carbocycles. The fourth-order valence-electron chi connectivity index (χ4n) is 3.26. The van der Waals surface area contributed by atoms with E-state index in [4.69, 9.17) is 11.6 Å². The Labute approximate surface area is 141 Å². The molecule has 0 saturated heterocycles. The van der Waals surface area contributed by atoms with Crippen LogP contribution in [0, 0.1) is 5.92 Å². The first-order chi connectivity index (χ1) is 11.1. The smallest absolute Gasteiger partial charge is 0.223 e. The first kappa shape index (κ1) is 16.1. The third-order valence-corrected chi connectivity index (χ3v) is 4.80. The van der Waals surface area contributed by atoms with E-state index in [-0.39, 0.29) is 17.9 Å². The van der Waals surface area contributed by atoms with Gasteiger partial charge in [-0.2, -0.15) is 0 Å². The molecular formula is C18H22ClN3O. The van der Waals surface area contributed by atoms with E-state index in [9.17, 15) is 4.79 Å². The summed E-state index contributed by atoms with van der Waals surface area (Å²) >= 11 is 6.14. The van der Waals surface area contributed by atoms with Crippen LogP contribution in [0.3, 0.4) is 0 Å². The first-order valence-electron chi connectivity index (χ1n) is 8.18. The van der Waals surface area contributed by atoms with E-state index in [1.165, 1.54) is 6.42 Å². The standard InChI is InChI=1S/C18H22ClN3O/c1-22-11-10-20-17(22)16(14-8-5-9-15(19)12-14)21-18(23)13-6-3-2-4-7-13/h5,8-13,16H,2-4,6-7H2,1H3,(H,21,23). The number of carbonyl (C=O) groups excluding carboxylic acids is 1. The van der Waals surface area contributed by atoms with Crippen molar-refractivity contribution in [1.82, 2.24) is 14.9 Å². The lowest BCUT2D eigenvalue weighted by atomic mass is 9.88. The molecule has 5 heteroatoms. The molecular weight excluding hydrogens is 310 g/mol. The first-order valence-corrected chi connectivity index (χ1v) is 8.56. The molecule has 1 heterocycles. The van der Waals surface area contributed by atoms with Crippen molar-refractivity contribution in [2.75, 3.05) is 0 Å². The number of carbonyl (C=O) groups is 1. The van der Waals surface area contributed by atoms with Crippen molar-refractivity contribution in [3.8, 4) is 0 Å². The molecule has 1 atom stereocenters. The maximum Gasteiger partial charge on any atom is 0.223 e. The van der Waals surface area contributed by atoms with Crippen molar-refractivity contribution in [2.45, 2.75) is 38.1 Å². The van der Waals surface area contributed by atoms with Crippen molar-refractivity contribution >= 4 is 17.5 Å². The van der Waals surface area contributed by atoms with Gasteiger partial charge in [0.2, 0.25) is 5.91 Å². The van der Waals surface area contributed by atoms with Crippen LogP contribution in [0.4, 0.5) is 0 Å². The van der Waals surface area contributed by atoms with Crippen LogP contribution in [0.2, 0.25) is 5.02 Å². The second-order valence-corrected chi connectivity index (χ2v) is 6.66. The van der Waals surface area contributed by atoms with E-state index in [1.807, 2.05) is 42.1 Å². The lowest BCUT2D eigenvalue weighted by Gasteiger charge is -2.25. The SMILES string of the molecule is Cn1ccnc1C(NC(=O)C1CCCCC1)c1cccc(Cl)c1. The average molecular weight is 332 g/mol. The third-order valence-electron chi connectivity index (χ3n) is 4.56. The number of nitrogens with one attached hydrogen (secondary N) is 1. The summed E-state index contributed by atoms with van der Waals surface area (Å²) in [5, 5.41) is 3.85. The Bertz CT molecular complexity index is 676. The minimum Gasteiger partial charge on any atom is -0.342 e. The Kier molecular flexibility index (Phi) is 5.01. The summed E-state index contributed by atoms with van der Waals surface area (Å²) in [6.07, 6.45) is 9.12. The Balaban J connectivity index is 1.86. The van der Waals surface area contributed by atoms with Gasteiger partial charge in [0.25, 0.3) is 0 Å². The van der Waals surface area contributed by atoms with Gasteiger partial charge in [0.05, 0.1) is 0 Å². The fraction of sp³-hybridized carbons (Fsp3) is 0.444. The van der Waals surface area contributed by atoms with Crippen LogP contribution >= 0.6 is 11.6 Å². The van der Waals surface area contributed by atoms with E-state index in [0.29, 0.717) is 5.02 Å². The lowest BCUT2D eigenvalue weighted by Crippen LogP contribution is -2.36. The van der Waals surface area contributed by atoms with Crippen LogP contribution in [-0.4, -0.2) is 15.5 Å². The Morgan fingerprint density at radius 1 is 1.35 bits per heavy atom. The van der Waals surface area contributed by atoms with E-state index in [2.05, 4.69) is 10.3 Å². The minimum absolute atomic E-state index is 0.116. The molecule has 2 aromatic rings. The molecule has 1 N–H and O–H groups in total. The predicted molar refractivity (Wildman–Crippen MR) is 91.2 cm³/mol. The summed E-state index contributed by atoms with van der Waals surface area (Å²) in [6.45, 7) is 0. The molecule has 1 aromatic carbocycles. The van der Waals surface area contributed by atoms with Crippen molar-refractivity contribution < 1.29 is 4.79 Å². The second-order valence-electron chi connectivity index (χ2n) is 6.23. The molecule has 23 heavy (non-hydrogen) atoms. The van der Waals surface area contributed by atoms with E-state index >= 15 is 0 Å². The van der Waals surface area contributed by atoms with Crippen LogP contribution in [-0.2, 0) is 11.8 Å². The molecule has 122 valence electrons. The maximum atomic E-state index is 12.7. The quantitative estimate of drug-likeness (QED) is 0.924. The summed E-state index contributed by atoms with van der Waals surface area (Å²) in [5.74, 6) is 1.06. The molecule has 4 nitrogen and oxygen atoms in total. The second kappa shape index (κ2) is 7.18. The number of halogens is 1. The van der Waals surface area contributed by atoms with Gasteiger partial charge in [-0.25, -0.2) is 4.98 Å². The number of hydrogen-bond donors (Lipinski definition) is 1. The van der Waals surface area contributed by atoms with Crippen molar-refractivity contribution in [3.63, 3.8) is 0 Å². The van der Waals surface area contributed by atoms with Crippen molar-refractivity contribution in [3.05, 3.63) is 53.1 Å². The molecule has 1 unspecified atom stereocenters. The molecule has 0 radical (unpaired) electrons. The van der Waals surface area contributed by atoms with E-state index < -0.39 is 0 Å². The van der Waals surface area contributed by atoms with Crippen LogP contribution in [0.5, 0.6) is 0 Å². The molecule has 1 fully saturated rings. The number of rotatable bonds is 4. The third kappa shape index (κ3) is 3.75. The topological polar surface area (TPSA) is 46.9 Å². The highest BCUT2D eigenvalue weighted by molar-refractivity contribution is 6.30. The zero-order chi connectivity index (χ0) is 16.2. The molecule has 1 aliphatic carbocycles. The maximum absolute atomic E-state index is 12.7. The van der Waals surface area contributed by atoms with Crippen molar-refractivity contribution in [1.29, 1.82) is 0 Å². The number of aromatic nitrogens is 2. The predicted octanol–water partition coefficient (Wildman–Crippen LogP) is 3.86. The van der Waals surface area contributed by atoms with Gasteiger partial charge in [-0.3, -0.25) is 4.79 Å².